The summed E-state index contributed by atoms with van der Waals surface area (Å²) in [6, 6.07) is 8.00. The molecule has 40 heavy (non-hydrogen) atoms. The van der Waals surface area contributed by atoms with E-state index in [-0.39, 0.29) is 40.7 Å². The molecule has 0 radical (unpaired) electrons. The predicted molar refractivity (Wildman–Crippen MR) is 140 cm³/mol. The van der Waals surface area contributed by atoms with Gasteiger partial charge in [0.2, 0.25) is 5.91 Å². The van der Waals surface area contributed by atoms with Gasteiger partial charge >= 0.3 is 6.18 Å². The largest absolute Gasteiger partial charge is 0.393 e. The second kappa shape index (κ2) is 11.0. The summed E-state index contributed by atoms with van der Waals surface area (Å²) in [5.74, 6) is -0.205. The molecule has 0 spiro atoms. The molecular formula is C26H24F5N7OS. The minimum absolute atomic E-state index is 0.00150. The fraction of sp³-hybridized carbons (Fsp3) is 0.385. The number of nitrogens with zero attached hydrogens (tertiary/aromatic N) is 5. The molecule has 0 saturated carbocycles. The summed E-state index contributed by atoms with van der Waals surface area (Å²) in [5.41, 5.74) is 5.97. The number of amides is 1. The second-order valence-corrected chi connectivity index (χ2v) is 10.8. The zero-order valence-corrected chi connectivity index (χ0v) is 21.8. The summed E-state index contributed by atoms with van der Waals surface area (Å²) in [4.78, 5) is 22.5. The van der Waals surface area contributed by atoms with Crippen LogP contribution in [0.5, 0.6) is 0 Å². The van der Waals surface area contributed by atoms with E-state index in [9.17, 15) is 32.0 Å². The number of carbonyl (C=O) groups is 1. The van der Waals surface area contributed by atoms with E-state index in [4.69, 9.17) is 5.73 Å². The van der Waals surface area contributed by atoms with Crippen molar-refractivity contribution in [3.63, 3.8) is 0 Å². The molecule has 1 aliphatic heterocycles. The molecule has 1 saturated heterocycles. The van der Waals surface area contributed by atoms with Gasteiger partial charge in [0.1, 0.15) is 35.3 Å². The van der Waals surface area contributed by atoms with Crippen molar-refractivity contribution in [2.75, 3.05) is 18.4 Å². The Hall–Kier alpha value is -3.83. The zero-order chi connectivity index (χ0) is 28.6. The summed E-state index contributed by atoms with van der Waals surface area (Å²) in [7, 11) is 0. The van der Waals surface area contributed by atoms with Crippen molar-refractivity contribution in [1.82, 2.24) is 19.4 Å². The van der Waals surface area contributed by atoms with Gasteiger partial charge in [-0.15, -0.1) is 11.3 Å². The second-order valence-electron chi connectivity index (χ2n) is 9.71. The van der Waals surface area contributed by atoms with Crippen LogP contribution in [0.25, 0.3) is 21.1 Å². The first-order valence-electron chi connectivity index (χ1n) is 12.4. The van der Waals surface area contributed by atoms with E-state index in [1.807, 2.05) is 6.07 Å². The number of halogens is 5. The number of nitriles is 1. The number of rotatable bonds is 8. The van der Waals surface area contributed by atoms with Crippen molar-refractivity contribution < 1.29 is 26.7 Å². The normalized spacial score (nSPS) is 15.2. The van der Waals surface area contributed by atoms with Crippen LogP contribution in [0.1, 0.15) is 41.0 Å². The highest BCUT2D eigenvalue weighted by Gasteiger charge is 2.29. The van der Waals surface area contributed by atoms with E-state index < -0.39 is 24.9 Å². The number of thiophene rings is 1. The molecule has 0 bridgehead atoms. The number of carbonyl (C=O) groups excluding carboxylic acids is 1. The number of benzene rings is 1. The molecule has 5 rings (SSSR count). The lowest BCUT2D eigenvalue weighted by molar-refractivity contribution is -0.126. The maximum absolute atomic E-state index is 14.3. The van der Waals surface area contributed by atoms with Crippen LogP contribution in [-0.4, -0.2) is 50.6 Å². The van der Waals surface area contributed by atoms with Gasteiger partial charge in [-0.2, -0.15) is 18.4 Å². The van der Waals surface area contributed by atoms with Crippen molar-refractivity contribution in [2.24, 2.45) is 5.73 Å². The zero-order valence-electron chi connectivity index (χ0n) is 21.0. The van der Waals surface area contributed by atoms with Gasteiger partial charge in [-0.05, 0) is 36.6 Å². The van der Waals surface area contributed by atoms with Crippen LogP contribution in [0.15, 0.2) is 30.6 Å². The quantitative estimate of drug-likeness (QED) is 0.281. The molecule has 3 N–H and O–H groups in total. The molecule has 1 aliphatic rings. The summed E-state index contributed by atoms with van der Waals surface area (Å²) in [5, 5.41) is 13.5. The van der Waals surface area contributed by atoms with Crippen LogP contribution in [-0.2, 0) is 24.3 Å². The van der Waals surface area contributed by atoms with Crippen LogP contribution >= 0.6 is 11.3 Å². The summed E-state index contributed by atoms with van der Waals surface area (Å²) in [6.07, 6.45) is -5.46. The van der Waals surface area contributed by atoms with E-state index in [0.717, 1.165) is 11.3 Å². The number of hydrogen-bond donors (Lipinski definition) is 2. The Kier molecular flexibility index (Phi) is 7.61. The Morgan fingerprint density at radius 3 is 2.60 bits per heavy atom. The van der Waals surface area contributed by atoms with E-state index in [2.05, 4.69) is 20.2 Å². The van der Waals surface area contributed by atoms with Gasteiger partial charge in [-0.1, -0.05) is 6.07 Å². The molecule has 0 atom stereocenters. The Morgan fingerprint density at radius 1 is 1.20 bits per heavy atom. The number of nitrogens with one attached hydrogen (secondary N) is 1. The van der Waals surface area contributed by atoms with Crippen molar-refractivity contribution in [1.29, 1.82) is 5.26 Å². The summed E-state index contributed by atoms with van der Waals surface area (Å²) >= 11 is 0.990. The average Bonchev–Trinajstić information content (AvgIpc) is 3.44. The lowest BCUT2D eigenvalue weighted by Crippen LogP contribution is -2.39. The minimum Gasteiger partial charge on any atom is -0.368 e. The first kappa shape index (κ1) is 27.7. The van der Waals surface area contributed by atoms with Crippen LogP contribution in [0.4, 0.5) is 27.8 Å². The number of anilines is 1. The Bertz CT molecular complexity index is 1600. The van der Waals surface area contributed by atoms with Gasteiger partial charge in [0.25, 0.3) is 6.43 Å². The maximum Gasteiger partial charge on any atom is 0.393 e. The van der Waals surface area contributed by atoms with Gasteiger partial charge in [0.05, 0.1) is 17.3 Å². The standard InChI is InChI=1S/C26H24F5N7OS/c27-23(28)22-14(1-2-20-18(22)7-16(10-32)38(20)12-21(33)39)11-37-5-3-15(4-6-37)36-24-19-8-17(9-26(29,30)31)40-25(19)35-13-34-24/h1-2,7-8,13,15,23H,3-6,9,11-12H2,(H2,33,39)(H,34,35,36). The Labute approximate surface area is 229 Å². The summed E-state index contributed by atoms with van der Waals surface area (Å²) < 4.78 is 68.4. The number of hydrogen-bond acceptors (Lipinski definition) is 7. The molecule has 14 heteroatoms. The molecule has 1 amide bonds. The number of alkyl halides is 5. The lowest BCUT2D eigenvalue weighted by atomic mass is 10.00. The minimum atomic E-state index is -4.31. The van der Waals surface area contributed by atoms with E-state index in [0.29, 0.717) is 53.0 Å². The first-order valence-corrected chi connectivity index (χ1v) is 13.2. The molecule has 1 fully saturated rings. The van der Waals surface area contributed by atoms with Crippen LogP contribution in [0.3, 0.4) is 0 Å². The fourth-order valence-corrected chi connectivity index (χ4v) is 6.22. The highest BCUT2D eigenvalue weighted by atomic mass is 32.1. The third kappa shape index (κ3) is 5.85. The van der Waals surface area contributed by atoms with Gasteiger partial charge < -0.3 is 15.6 Å². The SMILES string of the molecule is N#Cc1cc2c(C(F)F)c(CN3CCC(Nc4ncnc5sc(CC(F)(F)F)cc45)CC3)ccc2n1CC(N)=O. The van der Waals surface area contributed by atoms with Crippen molar-refractivity contribution in [2.45, 2.75) is 51.0 Å². The smallest absolute Gasteiger partial charge is 0.368 e. The van der Waals surface area contributed by atoms with E-state index in [1.165, 1.54) is 23.0 Å². The highest BCUT2D eigenvalue weighted by molar-refractivity contribution is 7.18. The average molecular weight is 578 g/mol. The number of likely N-dealkylation sites (tertiary alicyclic amines) is 1. The first-order chi connectivity index (χ1) is 19.0. The molecule has 4 heterocycles. The molecule has 8 nitrogen and oxygen atoms in total. The highest BCUT2D eigenvalue weighted by Crippen LogP contribution is 2.35. The van der Waals surface area contributed by atoms with E-state index in [1.54, 1.807) is 12.1 Å². The number of piperidine rings is 1. The molecule has 0 aliphatic carbocycles. The Morgan fingerprint density at radius 2 is 1.95 bits per heavy atom. The van der Waals surface area contributed by atoms with Crippen LogP contribution in [0.2, 0.25) is 0 Å². The van der Waals surface area contributed by atoms with Gasteiger partial charge in [0, 0.05) is 41.5 Å². The molecule has 1 aromatic carbocycles. The van der Waals surface area contributed by atoms with Crippen LogP contribution in [0, 0.1) is 11.3 Å². The molecule has 0 unspecified atom stereocenters. The predicted octanol–water partition coefficient (Wildman–Crippen LogP) is 5.12. The van der Waals surface area contributed by atoms with Crippen molar-refractivity contribution >= 4 is 44.2 Å². The molecular weight excluding hydrogens is 553 g/mol. The number of primary amides is 1. The summed E-state index contributed by atoms with van der Waals surface area (Å²) in [6.45, 7) is 1.18. The number of nitrogens with two attached hydrogens (primary N) is 1. The monoisotopic (exact) mass is 577 g/mol. The Balaban J connectivity index is 1.29. The lowest BCUT2D eigenvalue weighted by Gasteiger charge is -2.33. The van der Waals surface area contributed by atoms with E-state index >= 15 is 0 Å². The van der Waals surface area contributed by atoms with Crippen molar-refractivity contribution in [3.8, 4) is 6.07 Å². The fourth-order valence-electron chi connectivity index (χ4n) is 5.19. The maximum atomic E-state index is 14.3. The van der Waals surface area contributed by atoms with Gasteiger partial charge in [-0.3, -0.25) is 9.69 Å². The third-order valence-corrected chi connectivity index (χ3v) is 7.98. The topological polar surface area (TPSA) is 113 Å². The molecule has 4 aromatic rings. The van der Waals surface area contributed by atoms with Gasteiger partial charge in [0.15, 0.2) is 0 Å². The number of fused-ring (bicyclic) bond motifs is 2. The molecule has 210 valence electrons. The van der Waals surface area contributed by atoms with Crippen molar-refractivity contribution in [3.05, 3.63) is 52.3 Å². The van der Waals surface area contributed by atoms with Crippen LogP contribution < -0.4 is 11.1 Å². The van der Waals surface area contributed by atoms with Gasteiger partial charge in [-0.25, -0.2) is 18.7 Å². The number of aromatic nitrogens is 3. The third-order valence-electron chi connectivity index (χ3n) is 6.94. The molecule has 3 aromatic heterocycles.